The molecular weight excluding hydrogens is 246 g/mol. The van der Waals surface area contributed by atoms with E-state index >= 15 is 0 Å². The van der Waals surface area contributed by atoms with Crippen LogP contribution in [0, 0.1) is 6.92 Å². The van der Waals surface area contributed by atoms with Crippen LogP contribution in [0.3, 0.4) is 0 Å². The van der Waals surface area contributed by atoms with Gasteiger partial charge in [0.1, 0.15) is 6.10 Å². The molecule has 0 aliphatic rings. The highest BCUT2D eigenvalue weighted by atomic mass is 16.3. The van der Waals surface area contributed by atoms with Crippen molar-refractivity contribution in [2.24, 2.45) is 0 Å². The van der Waals surface area contributed by atoms with Crippen molar-refractivity contribution in [1.29, 1.82) is 0 Å². The first-order valence-electron chi connectivity index (χ1n) is 6.26. The number of hydrogen-bond donors (Lipinski definition) is 4. The number of aryl methyl sites for hydroxylation is 1. The van der Waals surface area contributed by atoms with Gasteiger partial charge in [-0.25, -0.2) is 0 Å². The molecule has 0 bridgehead atoms. The van der Waals surface area contributed by atoms with Gasteiger partial charge in [0.05, 0.1) is 12.7 Å². The second-order valence-electron chi connectivity index (χ2n) is 4.63. The van der Waals surface area contributed by atoms with Gasteiger partial charge in [0.25, 0.3) is 0 Å². The smallest absolute Gasteiger partial charge is 0.216 e. The van der Waals surface area contributed by atoms with E-state index < -0.39 is 12.2 Å². The van der Waals surface area contributed by atoms with Crippen molar-refractivity contribution < 1.29 is 20.1 Å². The molecule has 0 saturated heterocycles. The van der Waals surface area contributed by atoms with E-state index in [0.717, 1.165) is 11.1 Å². The summed E-state index contributed by atoms with van der Waals surface area (Å²) < 4.78 is 0. The Balaban J connectivity index is 2.65. The van der Waals surface area contributed by atoms with Crippen LogP contribution in [-0.4, -0.2) is 33.9 Å². The molecule has 1 aromatic rings. The molecule has 1 aromatic carbocycles. The van der Waals surface area contributed by atoms with Gasteiger partial charge in [-0.1, -0.05) is 18.2 Å². The topological polar surface area (TPSA) is 89.8 Å². The predicted molar refractivity (Wildman–Crippen MR) is 71.4 cm³/mol. The van der Waals surface area contributed by atoms with Crippen LogP contribution in [0.1, 0.15) is 36.1 Å². The van der Waals surface area contributed by atoms with Crippen molar-refractivity contribution in [3.05, 3.63) is 34.9 Å². The molecular formula is C14H21NO4. The van der Waals surface area contributed by atoms with Gasteiger partial charge in [0, 0.05) is 13.5 Å². The molecule has 0 aliphatic heterocycles. The van der Waals surface area contributed by atoms with Crippen molar-refractivity contribution in [1.82, 2.24) is 5.32 Å². The number of amides is 1. The minimum Gasteiger partial charge on any atom is -0.392 e. The molecule has 0 spiro atoms. The number of carbonyl (C=O) groups excluding carboxylic acids is 1. The first kappa shape index (κ1) is 15.6. The van der Waals surface area contributed by atoms with Crippen LogP contribution in [0.4, 0.5) is 0 Å². The molecule has 4 N–H and O–H groups in total. The molecule has 5 heteroatoms. The Morgan fingerprint density at radius 2 is 2.05 bits per heavy atom. The highest BCUT2D eigenvalue weighted by Gasteiger charge is 2.18. The van der Waals surface area contributed by atoms with E-state index in [1.54, 1.807) is 18.2 Å². The summed E-state index contributed by atoms with van der Waals surface area (Å²) >= 11 is 0. The number of benzene rings is 1. The summed E-state index contributed by atoms with van der Waals surface area (Å²) in [4.78, 5) is 10.7. The van der Waals surface area contributed by atoms with Gasteiger partial charge < -0.3 is 20.6 Å². The van der Waals surface area contributed by atoms with Crippen LogP contribution < -0.4 is 5.32 Å². The quantitative estimate of drug-likeness (QED) is 0.601. The average molecular weight is 267 g/mol. The maximum atomic E-state index is 10.7. The lowest BCUT2D eigenvalue weighted by Crippen LogP contribution is -2.27. The minimum absolute atomic E-state index is 0.103. The van der Waals surface area contributed by atoms with Crippen molar-refractivity contribution in [3.8, 4) is 0 Å². The van der Waals surface area contributed by atoms with E-state index in [9.17, 15) is 20.1 Å². The fourth-order valence-corrected chi connectivity index (χ4v) is 1.82. The Bertz CT molecular complexity index is 433. The molecule has 1 rings (SSSR count). The lowest BCUT2D eigenvalue weighted by Gasteiger charge is -2.19. The number of aliphatic hydroxyl groups excluding tert-OH is 3. The summed E-state index contributed by atoms with van der Waals surface area (Å²) in [5.41, 5.74) is 2.22. The van der Waals surface area contributed by atoms with E-state index in [1.165, 1.54) is 6.92 Å². The minimum atomic E-state index is -1.03. The number of hydrogen-bond acceptors (Lipinski definition) is 4. The van der Waals surface area contributed by atoms with Crippen LogP contribution in [0.25, 0.3) is 0 Å². The molecule has 0 saturated carbocycles. The number of carbonyl (C=O) groups is 1. The first-order valence-corrected chi connectivity index (χ1v) is 6.26. The third-order valence-corrected chi connectivity index (χ3v) is 3.06. The van der Waals surface area contributed by atoms with Crippen LogP contribution in [-0.2, 0) is 11.4 Å². The van der Waals surface area contributed by atoms with E-state index in [-0.39, 0.29) is 18.9 Å². The Morgan fingerprint density at radius 3 is 2.63 bits per heavy atom. The maximum Gasteiger partial charge on any atom is 0.216 e. The van der Waals surface area contributed by atoms with E-state index in [2.05, 4.69) is 5.32 Å². The molecule has 2 unspecified atom stereocenters. The predicted octanol–water partition coefficient (Wildman–Crippen LogP) is 0.408. The van der Waals surface area contributed by atoms with E-state index in [4.69, 9.17) is 0 Å². The van der Waals surface area contributed by atoms with Crippen LogP contribution >= 0.6 is 0 Å². The summed E-state index contributed by atoms with van der Waals surface area (Å²) in [6, 6.07) is 5.20. The molecule has 1 amide bonds. The molecule has 0 fully saturated rings. The normalized spacial score (nSPS) is 13.9. The molecule has 2 atom stereocenters. The van der Waals surface area contributed by atoms with Crippen molar-refractivity contribution in [2.45, 2.75) is 39.1 Å². The fourth-order valence-electron chi connectivity index (χ4n) is 1.82. The zero-order valence-corrected chi connectivity index (χ0v) is 11.3. The van der Waals surface area contributed by atoms with Gasteiger partial charge in [0.15, 0.2) is 0 Å². The van der Waals surface area contributed by atoms with Gasteiger partial charge in [-0.2, -0.15) is 0 Å². The summed E-state index contributed by atoms with van der Waals surface area (Å²) in [5.74, 6) is -0.167. The Labute approximate surface area is 112 Å². The molecule has 106 valence electrons. The van der Waals surface area contributed by atoms with E-state index in [1.807, 2.05) is 6.92 Å². The standard InChI is InChI=1S/C14H21NO4/c1-9-3-4-11(7-12(9)8-16)14(19)13(18)5-6-15-10(2)17/h3-4,7,13-14,16,18-19H,5-6,8H2,1-2H3,(H,15,17). The molecule has 0 heterocycles. The average Bonchev–Trinajstić information content (AvgIpc) is 2.38. The van der Waals surface area contributed by atoms with Crippen molar-refractivity contribution in [3.63, 3.8) is 0 Å². The van der Waals surface area contributed by atoms with Gasteiger partial charge in [-0.15, -0.1) is 0 Å². The van der Waals surface area contributed by atoms with Gasteiger partial charge in [-0.05, 0) is 30.0 Å². The molecule has 0 aromatic heterocycles. The zero-order valence-electron chi connectivity index (χ0n) is 11.3. The van der Waals surface area contributed by atoms with Crippen molar-refractivity contribution >= 4 is 5.91 Å². The first-order chi connectivity index (χ1) is 8.95. The zero-order chi connectivity index (χ0) is 14.4. The second kappa shape index (κ2) is 7.23. The Kier molecular flexibility index (Phi) is 5.95. The highest BCUT2D eigenvalue weighted by Crippen LogP contribution is 2.21. The summed E-state index contributed by atoms with van der Waals surface area (Å²) in [6.45, 7) is 3.48. The summed E-state index contributed by atoms with van der Waals surface area (Å²) in [5, 5.41) is 31.6. The Hall–Kier alpha value is -1.43. The van der Waals surface area contributed by atoms with Crippen LogP contribution in [0.5, 0.6) is 0 Å². The second-order valence-corrected chi connectivity index (χ2v) is 4.63. The largest absolute Gasteiger partial charge is 0.392 e. The number of nitrogens with one attached hydrogen (secondary N) is 1. The molecule has 19 heavy (non-hydrogen) atoms. The molecule has 5 nitrogen and oxygen atoms in total. The third-order valence-electron chi connectivity index (χ3n) is 3.06. The highest BCUT2D eigenvalue weighted by molar-refractivity contribution is 5.72. The van der Waals surface area contributed by atoms with Crippen LogP contribution in [0.2, 0.25) is 0 Å². The monoisotopic (exact) mass is 267 g/mol. The lowest BCUT2D eigenvalue weighted by molar-refractivity contribution is -0.119. The molecule has 0 radical (unpaired) electrons. The van der Waals surface area contributed by atoms with Gasteiger partial charge in [-0.3, -0.25) is 4.79 Å². The Morgan fingerprint density at radius 1 is 1.37 bits per heavy atom. The summed E-state index contributed by atoms with van der Waals surface area (Å²) in [7, 11) is 0. The number of aliphatic hydroxyl groups is 3. The van der Waals surface area contributed by atoms with Crippen LogP contribution in [0.15, 0.2) is 18.2 Å². The maximum absolute atomic E-state index is 10.7. The lowest BCUT2D eigenvalue weighted by atomic mass is 9.98. The van der Waals surface area contributed by atoms with E-state index in [0.29, 0.717) is 12.1 Å². The molecule has 0 aliphatic carbocycles. The van der Waals surface area contributed by atoms with Crippen molar-refractivity contribution in [2.75, 3.05) is 6.54 Å². The summed E-state index contributed by atoms with van der Waals surface area (Å²) in [6.07, 6.45) is -1.72. The number of rotatable bonds is 6. The SMILES string of the molecule is CC(=O)NCCC(O)C(O)c1ccc(C)c(CO)c1. The fraction of sp³-hybridized carbons (Fsp3) is 0.500. The van der Waals surface area contributed by atoms with Gasteiger partial charge in [0.2, 0.25) is 5.91 Å². The third kappa shape index (κ3) is 4.63. The van der Waals surface area contributed by atoms with Gasteiger partial charge >= 0.3 is 0 Å².